The molecule has 2 rings (SSSR count). The number of carbonyl (C=O) groups is 1. The standard InChI is InChI=1S/C10H8F3N5O/c1-18-8(10(11,12)13)7(5-16-18)9(19)17-6-2-3-14-15-4-6/h2-5H,1H3,(H,14,17,19). The minimum atomic E-state index is -4.66. The van der Waals surface area contributed by atoms with Gasteiger partial charge in [0.05, 0.1) is 29.8 Å². The molecule has 2 aromatic rings. The molecule has 0 aliphatic carbocycles. The molecule has 2 aromatic heterocycles. The molecule has 1 N–H and O–H groups in total. The number of amides is 1. The van der Waals surface area contributed by atoms with Gasteiger partial charge in [-0.3, -0.25) is 9.48 Å². The average molecular weight is 271 g/mol. The number of hydrogen-bond donors (Lipinski definition) is 1. The van der Waals surface area contributed by atoms with Gasteiger partial charge in [-0.25, -0.2) is 0 Å². The topological polar surface area (TPSA) is 72.7 Å². The van der Waals surface area contributed by atoms with Crippen LogP contribution in [-0.4, -0.2) is 25.9 Å². The number of carbonyl (C=O) groups excluding carboxylic acids is 1. The molecule has 0 radical (unpaired) electrons. The monoisotopic (exact) mass is 271 g/mol. The van der Waals surface area contributed by atoms with Crippen LogP contribution in [-0.2, 0) is 13.2 Å². The molecular weight excluding hydrogens is 263 g/mol. The first-order valence-electron chi connectivity index (χ1n) is 5.07. The van der Waals surface area contributed by atoms with Gasteiger partial charge in [0, 0.05) is 7.05 Å². The second-order valence-electron chi connectivity index (χ2n) is 3.61. The summed E-state index contributed by atoms with van der Waals surface area (Å²) in [5.74, 6) is -0.909. The number of aryl methyl sites for hydroxylation is 1. The van der Waals surface area contributed by atoms with Crippen molar-refractivity contribution in [3.8, 4) is 0 Å². The summed E-state index contributed by atoms with van der Waals surface area (Å²) < 4.78 is 38.9. The van der Waals surface area contributed by atoms with E-state index in [-0.39, 0.29) is 5.69 Å². The highest BCUT2D eigenvalue weighted by Gasteiger charge is 2.39. The number of rotatable bonds is 2. The lowest BCUT2D eigenvalue weighted by Gasteiger charge is -2.09. The summed E-state index contributed by atoms with van der Waals surface area (Å²) in [5, 5.41) is 12.7. The normalized spacial score (nSPS) is 11.4. The van der Waals surface area contributed by atoms with Gasteiger partial charge >= 0.3 is 6.18 Å². The Hall–Kier alpha value is -2.45. The highest BCUT2D eigenvalue weighted by Crippen LogP contribution is 2.31. The minimum absolute atomic E-state index is 0.247. The van der Waals surface area contributed by atoms with Crippen LogP contribution in [0.5, 0.6) is 0 Å². The molecule has 2 heterocycles. The van der Waals surface area contributed by atoms with Crippen molar-refractivity contribution in [2.45, 2.75) is 6.18 Å². The van der Waals surface area contributed by atoms with Gasteiger partial charge in [0.1, 0.15) is 0 Å². The Morgan fingerprint density at radius 3 is 2.63 bits per heavy atom. The Morgan fingerprint density at radius 1 is 1.32 bits per heavy atom. The van der Waals surface area contributed by atoms with E-state index in [1.54, 1.807) is 0 Å². The van der Waals surface area contributed by atoms with Crippen LogP contribution in [0.3, 0.4) is 0 Å². The van der Waals surface area contributed by atoms with Crippen molar-refractivity contribution >= 4 is 11.6 Å². The van der Waals surface area contributed by atoms with Gasteiger partial charge in [0.15, 0.2) is 5.69 Å². The summed E-state index contributed by atoms with van der Waals surface area (Å²) in [6.07, 6.45) is -1.26. The van der Waals surface area contributed by atoms with Crippen LogP contribution in [0.15, 0.2) is 24.7 Å². The van der Waals surface area contributed by atoms with E-state index in [9.17, 15) is 18.0 Å². The molecule has 0 fully saturated rings. The second-order valence-corrected chi connectivity index (χ2v) is 3.61. The molecule has 0 aliphatic rings. The predicted molar refractivity (Wildman–Crippen MR) is 58.2 cm³/mol. The lowest BCUT2D eigenvalue weighted by Crippen LogP contribution is -2.20. The maximum atomic E-state index is 12.8. The molecule has 0 unspecified atom stereocenters. The van der Waals surface area contributed by atoms with Crippen molar-refractivity contribution in [1.29, 1.82) is 0 Å². The van der Waals surface area contributed by atoms with Gasteiger partial charge in [0.25, 0.3) is 5.91 Å². The minimum Gasteiger partial charge on any atom is -0.320 e. The fourth-order valence-electron chi connectivity index (χ4n) is 1.50. The SMILES string of the molecule is Cn1ncc(C(=O)Nc2ccnnc2)c1C(F)(F)F. The molecule has 0 spiro atoms. The van der Waals surface area contributed by atoms with Crippen molar-refractivity contribution in [3.05, 3.63) is 35.9 Å². The average Bonchev–Trinajstić information content (AvgIpc) is 2.72. The first kappa shape index (κ1) is 13.0. The number of anilines is 1. The molecule has 0 atom stereocenters. The molecule has 9 heteroatoms. The lowest BCUT2D eigenvalue weighted by molar-refractivity contribution is -0.144. The Labute approximate surface area is 105 Å². The van der Waals surface area contributed by atoms with E-state index in [0.717, 1.165) is 13.2 Å². The summed E-state index contributed by atoms with van der Waals surface area (Å²) in [7, 11) is 1.12. The van der Waals surface area contributed by atoms with Crippen LogP contribution < -0.4 is 5.32 Å². The zero-order valence-corrected chi connectivity index (χ0v) is 9.64. The number of hydrogen-bond acceptors (Lipinski definition) is 4. The van der Waals surface area contributed by atoms with Gasteiger partial charge in [-0.05, 0) is 6.07 Å². The molecule has 0 bridgehead atoms. The highest BCUT2D eigenvalue weighted by molar-refractivity contribution is 6.04. The Morgan fingerprint density at radius 2 is 2.05 bits per heavy atom. The van der Waals surface area contributed by atoms with Gasteiger partial charge in [0.2, 0.25) is 0 Å². The summed E-state index contributed by atoms with van der Waals surface area (Å²) in [6.45, 7) is 0. The zero-order valence-electron chi connectivity index (χ0n) is 9.64. The quantitative estimate of drug-likeness (QED) is 0.898. The van der Waals surface area contributed by atoms with E-state index in [1.165, 1.54) is 18.5 Å². The first-order chi connectivity index (χ1) is 8.89. The van der Waals surface area contributed by atoms with E-state index in [1.807, 2.05) is 0 Å². The third kappa shape index (κ3) is 2.69. The fourth-order valence-corrected chi connectivity index (χ4v) is 1.50. The fraction of sp³-hybridized carbons (Fsp3) is 0.200. The number of halogens is 3. The third-order valence-corrected chi connectivity index (χ3v) is 2.29. The van der Waals surface area contributed by atoms with E-state index < -0.39 is 23.3 Å². The molecule has 0 saturated carbocycles. The third-order valence-electron chi connectivity index (χ3n) is 2.29. The van der Waals surface area contributed by atoms with Crippen molar-refractivity contribution in [3.63, 3.8) is 0 Å². The largest absolute Gasteiger partial charge is 0.433 e. The maximum Gasteiger partial charge on any atom is 0.433 e. The first-order valence-corrected chi connectivity index (χ1v) is 5.07. The molecular formula is C10H8F3N5O. The van der Waals surface area contributed by atoms with E-state index in [2.05, 4.69) is 20.6 Å². The van der Waals surface area contributed by atoms with Gasteiger partial charge in [-0.2, -0.15) is 28.5 Å². The summed E-state index contributed by atoms with van der Waals surface area (Å²) in [5.41, 5.74) is -1.41. The van der Waals surface area contributed by atoms with E-state index in [0.29, 0.717) is 4.68 Å². The molecule has 1 amide bonds. The van der Waals surface area contributed by atoms with Crippen molar-refractivity contribution in [1.82, 2.24) is 20.0 Å². The molecule has 0 aliphatic heterocycles. The number of aromatic nitrogens is 4. The molecule has 100 valence electrons. The predicted octanol–water partition coefficient (Wildman–Crippen LogP) is 1.48. The van der Waals surface area contributed by atoms with Gasteiger partial charge < -0.3 is 5.32 Å². The smallest absolute Gasteiger partial charge is 0.320 e. The van der Waals surface area contributed by atoms with Crippen LogP contribution in [0.1, 0.15) is 16.1 Å². The second kappa shape index (κ2) is 4.67. The zero-order chi connectivity index (χ0) is 14.0. The van der Waals surface area contributed by atoms with Crippen LogP contribution >= 0.6 is 0 Å². The molecule has 6 nitrogen and oxygen atoms in total. The van der Waals surface area contributed by atoms with Gasteiger partial charge in [-0.15, -0.1) is 0 Å². The number of nitrogens with one attached hydrogen (secondary N) is 1. The van der Waals surface area contributed by atoms with Crippen LogP contribution in [0.2, 0.25) is 0 Å². The van der Waals surface area contributed by atoms with Crippen molar-refractivity contribution in [2.24, 2.45) is 7.05 Å². The lowest BCUT2D eigenvalue weighted by atomic mass is 10.2. The van der Waals surface area contributed by atoms with Crippen molar-refractivity contribution in [2.75, 3.05) is 5.32 Å². The summed E-state index contributed by atoms with van der Waals surface area (Å²) in [4.78, 5) is 11.8. The summed E-state index contributed by atoms with van der Waals surface area (Å²) in [6, 6.07) is 1.41. The number of nitrogens with zero attached hydrogens (tertiary/aromatic N) is 4. The van der Waals surface area contributed by atoms with Crippen LogP contribution in [0, 0.1) is 0 Å². The van der Waals surface area contributed by atoms with E-state index in [4.69, 9.17) is 0 Å². The highest BCUT2D eigenvalue weighted by atomic mass is 19.4. The molecule has 0 aromatic carbocycles. The Bertz CT molecular complexity index is 593. The Balaban J connectivity index is 2.31. The molecule has 0 saturated heterocycles. The van der Waals surface area contributed by atoms with Crippen molar-refractivity contribution < 1.29 is 18.0 Å². The van der Waals surface area contributed by atoms with E-state index >= 15 is 0 Å². The van der Waals surface area contributed by atoms with Crippen LogP contribution in [0.4, 0.5) is 18.9 Å². The summed E-state index contributed by atoms with van der Waals surface area (Å²) >= 11 is 0. The Kier molecular flexibility index (Phi) is 3.19. The van der Waals surface area contributed by atoms with Gasteiger partial charge in [-0.1, -0.05) is 0 Å². The maximum absolute atomic E-state index is 12.8. The molecule has 19 heavy (non-hydrogen) atoms. The number of alkyl halides is 3. The van der Waals surface area contributed by atoms with Crippen LogP contribution in [0.25, 0.3) is 0 Å².